The van der Waals surface area contributed by atoms with Gasteiger partial charge in [0.05, 0.1) is 5.69 Å². The van der Waals surface area contributed by atoms with Crippen LogP contribution in [0.3, 0.4) is 0 Å². The summed E-state index contributed by atoms with van der Waals surface area (Å²) in [7, 11) is 1.73. The first-order chi connectivity index (χ1) is 9.59. The van der Waals surface area contributed by atoms with Crippen LogP contribution in [0.5, 0.6) is 0 Å². The number of hydrogen-bond donors (Lipinski definition) is 1. The Morgan fingerprint density at radius 1 is 1.00 bits per heavy atom. The van der Waals surface area contributed by atoms with E-state index in [1.165, 1.54) is 4.90 Å². The third kappa shape index (κ3) is 1.93. The fourth-order valence-corrected chi connectivity index (χ4v) is 3.00. The molecule has 1 aromatic rings. The van der Waals surface area contributed by atoms with E-state index in [4.69, 9.17) is 0 Å². The summed E-state index contributed by atoms with van der Waals surface area (Å²) in [4.78, 5) is 37.1. The molecule has 108 valence electrons. The van der Waals surface area contributed by atoms with Gasteiger partial charge in [-0.25, -0.2) is 4.79 Å². The lowest BCUT2D eigenvalue weighted by atomic mass is 10.1. The summed E-state index contributed by atoms with van der Waals surface area (Å²) in [6, 6.07) is -0.489. The molecule has 1 aromatic heterocycles. The molecule has 0 spiro atoms. The van der Waals surface area contributed by atoms with E-state index in [1.54, 1.807) is 11.7 Å². The fourth-order valence-electron chi connectivity index (χ4n) is 3.00. The second-order valence-electron chi connectivity index (χ2n) is 5.31. The van der Waals surface area contributed by atoms with E-state index in [0.29, 0.717) is 5.69 Å². The summed E-state index contributed by atoms with van der Waals surface area (Å²) in [5, 5.41) is 2.28. The Morgan fingerprint density at radius 2 is 1.80 bits per heavy atom. The number of aromatic nitrogens is 2. The molecule has 0 radical (unpaired) electrons. The Balaban J connectivity index is 2.07. The Morgan fingerprint density at radius 3 is 2.55 bits per heavy atom. The van der Waals surface area contributed by atoms with Gasteiger partial charge < -0.3 is 0 Å². The highest BCUT2D eigenvalue weighted by Crippen LogP contribution is 2.24. The van der Waals surface area contributed by atoms with Gasteiger partial charge in [0, 0.05) is 26.6 Å². The van der Waals surface area contributed by atoms with Crippen molar-refractivity contribution in [2.45, 2.75) is 38.6 Å². The van der Waals surface area contributed by atoms with Gasteiger partial charge in [0.15, 0.2) is 0 Å². The summed E-state index contributed by atoms with van der Waals surface area (Å²) >= 11 is 0. The molecule has 0 aliphatic carbocycles. The molecule has 1 saturated heterocycles. The minimum atomic E-state index is -0.489. The van der Waals surface area contributed by atoms with Gasteiger partial charge in [-0.15, -0.1) is 0 Å². The fraction of sp³-hybridized carbons (Fsp3) is 0.615. The SMILES string of the molecule is Cn1c(=O)c(N2CCC(=O)NC2=O)c2n1CCCCC2. The van der Waals surface area contributed by atoms with Crippen LogP contribution in [0, 0.1) is 0 Å². The van der Waals surface area contributed by atoms with Crippen molar-refractivity contribution < 1.29 is 9.59 Å². The lowest BCUT2D eigenvalue weighted by Crippen LogP contribution is -2.51. The van der Waals surface area contributed by atoms with E-state index in [9.17, 15) is 14.4 Å². The van der Waals surface area contributed by atoms with Crippen LogP contribution in [0.25, 0.3) is 0 Å². The number of nitrogens with zero attached hydrogens (tertiary/aromatic N) is 3. The largest absolute Gasteiger partial charge is 0.328 e. The predicted octanol–water partition coefficient (Wildman–Crippen LogP) is 0.359. The molecule has 3 amide bonds. The molecule has 1 N–H and O–H groups in total. The lowest BCUT2D eigenvalue weighted by Gasteiger charge is -2.25. The minimum Gasteiger partial charge on any atom is -0.287 e. The summed E-state index contributed by atoms with van der Waals surface area (Å²) in [6.07, 6.45) is 4.21. The van der Waals surface area contributed by atoms with E-state index in [0.717, 1.165) is 37.9 Å². The zero-order valence-corrected chi connectivity index (χ0v) is 11.5. The Kier molecular flexibility index (Phi) is 3.11. The van der Waals surface area contributed by atoms with Crippen molar-refractivity contribution in [3.05, 3.63) is 16.0 Å². The van der Waals surface area contributed by atoms with Crippen LogP contribution in [0.15, 0.2) is 4.79 Å². The molecule has 3 heterocycles. The summed E-state index contributed by atoms with van der Waals surface area (Å²) < 4.78 is 3.55. The van der Waals surface area contributed by atoms with Crippen molar-refractivity contribution in [3.8, 4) is 0 Å². The van der Waals surface area contributed by atoms with Crippen molar-refractivity contribution in [1.82, 2.24) is 14.7 Å². The quantitative estimate of drug-likeness (QED) is 0.806. The molecular formula is C13H18N4O3. The van der Waals surface area contributed by atoms with Gasteiger partial charge in [-0.1, -0.05) is 6.42 Å². The van der Waals surface area contributed by atoms with E-state index in [-0.39, 0.29) is 24.4 Å². The molecular weight excluding hydrogens is 260 g/mol. The molecule has 2 aliphatic heterocycles. The van der Waals surface area contributed by atoms with Crippen LogP contribution < -0.4 is 15.8 Å². The zero-order valence-electron chi connectivity index (χ0n) is 11.5. The highest BCUT2D eigenvalue weighted by molar-refractivity contribution is 6.05. The van der Waals surface area contributed by atoms with Crippen LogP contribution >= 0.6 is 0 Å². The van der Waals surface area contributed by atoms with Gasteiger partial charge in [0.2, 0.25) is 5.91 Å². The Labute approximate surface area is 116 Å². The number of imide groups is 1. The number of hydrogen-bond acceptors (Lipinski definition) is 3. The summed E-state index contributed by atoms with van der Waals surface area (Å²) in [5.41, 5.74) is 1.20. The van der Waals surface area contributed by atoms with Crippen molar-refractivity contribution in [3.63, 3.8) is 0 Å². The number of rotatable bonds is 1. The summed E-state index contributed by atoms with van der Waals surface area (Å²) in [5.74, 6) is -0.284. The maximum absolute atomic E-state index is 12.4. The lowest BCUT2D eigenvalue weighted by molar-refractivity contribution is -0.120. The van der Waals surface area contributed by atoms with Crippen molar-refractivity contribution in [2.24, 2.45) is 7.05 Å². The second-order valence-corrected chi connectivity index (χ2v) is 5.31. The molecule has 1 fully saturated rings. The van der Waals surface area contributed by atoms with Crippen molar-refractivity contribution in [2.75, 3.05) is 11.4 Å². The zero-order chi connectivity index (χ0) is 14.3. The molecule has 2 aliphatic rings. The molecule has 7 nitrogen and oxygen atoms in total. The van der Waals surface area contributed by atoms with E-state index in [1.807, 2.05) is 4.68 Å². The Hall–Kier alpha value is -2.05. The molecule has 20 heavy (non-hydrogen) atoms. The third-order valence-electron chi connectivity index (χ3n) is 4.05. The summed E-state index contributed by atoms with van der Waals surface area (Å²) in [6.45, 7) is 1.08. The highest BCUT2D eigenvalue weighted by atomic mass is 16.2. The van der Waals surface area contributed by atoms with Crippen molar-refractivity contribution in [1.29, 1.82) is 0 Å². The Bertz CT molecular complexity index is 628. The van der Waals surface area contributed by atoms with E-state index < -0.39 is 6.03 Å². The number of amides is 3. The van der Waals surface area contributed by atoms with Crippen LogP contribution in [0.2, 0.25) is 0 Å². The van der Waals surface area contributed by atoms with Gasteiger partial charge in [0.1, 0.15) is 5.69 Å². The average Bonchev–Trinajstić information content (AvgIpc) is 2.61. The molecule has 3 rings (SSSR count). The smallest absolute Gasteiger partial charge is 0.287 e. The van der Waals surface area contributed by atoms with Crippen LogP contribution in [0.4, 0.5) is 10.5 Å². The van der Waals surface area contributed by atoms with Gasteiger partial charge in [0.25, 0.3) is 5.56 Å². The maximum Gasteiger partial charge on any atom is 0.328 e. The number of fused-ring (bicyclic) bond motifs is 1. The third-order valence-corrected chi connectivity index (χ3v) is 4.05. The van der Waals surface area contributed by atoms with Gasteiger partial charge >= 0.3 is 6.03 Å². The molecule has 0 atom stereocenters. The minimum absolute atomic E-state index is 0.161. The monoisotopic (exact) mass is 278 g/mol. The average molecular weight is 278 g/mol. The normalized spacial score (nSPS) is 19.6. The molecule has 0 aromatic carbocycles. The van der Waals surface area contributed by atoms with Crippen LogP contribution in [0.1, 0.15) is 31.4 Å². The number of nitrogens with one attached hydrogen (secondary N) is 1. The maximum atomic E-state index is 12.4. The van der Waals surface area contributed by atoms with Crippen molar-refractivity contribution >= 4 is 17.6 Å². The molecule has 7 heteroatoms. The second kappa shape index (κ2) is 4.81. The standard InChI is InChI=1S/C13H18N4O3/c1-15-12(19)11(9-5-3-2-4-7-17(9)15)16-8-6-10(18)14-13(16)20/h2-8H2,1H3,(H,14,18,20). The predicted molar refractivity (Wildman–Crippen MR) is 72.7 cm³/mol. The highest BCUT2D eigenvalue weighted by Gasteiger charge is 2.31. The first-order valence-electron chi connectivity index (χ1n) is 6.99. The number of urea groups is 1. The molecule has 0 saturated carbocycles. The number of carbonyl (C=O) groups is 2. The first kappa shape index (κ1) is 13.0. The van der Waals surface area contributed by atoms with Crippen LogP contribution in [-0.4, -0.2) is 27.8 Å². The molecule has 0 bridgehead atoms. The van der Waals surface area contributed by atoms with Gasteiger partial charge in [-0.3, -0.25) is 29.2 Å². The van der Waals surface area contributed by atoms with Gasteiger partial charge in [-0.05, 0) is 19.3 Å². The van der Waals surface area contributed by atoms with Crippen LogP contribution in [-0.2, 0) is 24.8 Å². The number of anilines is 1. The number of carbonyl (C=O) groups excluding carboxylic acids is 2. The first-order valence-corrected chi connectivity index (χ1v) is 6.99. The van der Waals surface area contributed by atoms with E-state index in [2.05, 4.69) is 5.32 Å². The van der Waals surface area contributed by atoms with E-state index >= 15 is 0 Å². The van der Waals surface area contributed by atoms with Gasteiger partial charge in [-0.2, -0.15) is 0 Å². The topological polar surface area (TPSA) is 76.3 Å². The molecule has 0 unspecified atom stereocenters.